The normalized spacial score (nSPS) is 21.1. The fourth-order valence-electron chi connectivity index (χ4n) is 4.75. The first-order chi connectivity index (χ1) is 16.7. The Hall–Kier alpha value is -2.74. The molecular weight excluding hydrogens is 454 g/mol. The van der Waals surface area contributed by atoms with Gasteiger partial charge >= 0.3 is 0 Å². The molecule has 3 atom stereocenters. The van der Waals surface area contributed by atoms with E-state index in [1.165, 1.54) is 5.39 Å². The van der Waals surface area contributed by atoms with E-state index in [4.69, 9.17) is 14.1 Å². The topological polar surface area (TPSA) is 80.3 Å². The molecule has 1 saturated carbocycles. The SMILES string of the molecule is CC(C)(C)[Si](C)(C)O[C@@H]1C[C@H](Oc2ccnc3[nH]c(-c4cccc5ccccc45)nc23)C[C@H]1CO. The summed E-state index contributed by atoms with van der Waals surface area (Å²) in [5.74, 6) is 1.57. The summed E-state index contributed by atoms with van der Waals surface area (Å²) in [6, 6.07) is 16.4. The minimum absolute atomic E-state index is 0.00801. The van der Waals surface area contributed by atoms with Gasteiger partial charge in [-0.1, -0.05) is 63.2 Å². The molecule has 184 valence electrons. The van der Waals surface area contributed by atoms with Crippen LogP contribution in [0.5, 0.6) is 5.75 Å². The van der Waals surface area contributed by atoms with Crippen LogP contribution < -0.4 is 4.74 Å². The van der Waals surface area contributed by atoms with Crippen molar-refractivity contribution in [3.63, 3.8) is 0 Å². The van der Waals surface area contributed by atoms with E-state index in [2.05, 4.69) is 68.1 Å². The van der Waals surface area contributed by atoms with Gasteiger partial charge in [0.15, 0.2) is 25.2 Å². The van der Waals surface area contributed by atoms with Crippen LogP contribution in [0, 0.1) is 5.92 Å². The predicted molar refractivity (Wildman–Crippen MR) is 143 cm³/mol. The molecule has 0 unspecified atom stereocenters. The van der Waals surface area contributed by atoms with Crippen LogP contribution in [0.25, 0.3) is 33.3 Å². The van der Waals surface area contributed by atoms with E-state index in [0.717, 1.165) is 35.1 Å². The Morgan fingerprint density at radius 3 is 2.60 bits per heavy atom. The maximum Gasteiger partial charge on any atom is 0.192 e. The van der Waals surface area contributed by atoms with Gasteiger partial charge in [0.2, 0.25) is 0 Å². The highest BCUT2D eigenvalue weighted by Gasteiger charge is 2.44. The molecule has 4 aromatic rings. The van der Waals surface area contributed by atoms with Gasteiger partial charge < -0.3 is 19.3 Å². The largest absolute Gasteiger partial charge is 0.488 e. The Kier molecular flexibility index (Phi) is 6.19. The van der Waals surface area contributed by atoms with Crippen molar-refractivity contribution in [3.05, 3.63) is 54.7 Å². The van der Waals surface area contributed by atoms with Gasteiger partial charge in [-0.25, -0.2) is 9.97 Å². The van der Waals surface area contributed by atoms with Crippen molar-refractivity contribution < 1.29 is 14.3 Å². The average molecular weight is 490 g/mol. The average Bonchev–Trinajstić information content (AvgIpc) is 3.42. The first-order valence-corrected chi connectivity index (χ1v) is 15.4. The van der Waals surface area contributed by atoms with Crippen molar-refractivity contribution in [1.82, 2.24) is 15.0 Å². The molecule has 6 nitrogen and oxygen atoms in total. The highest BCUT2D eigenvalue weighted by Crippen LogP contribution is 2.42. The molecule has 7 heteroatoms. The van der Waals surface area contributed by atoms with Crippen molar-refractivity contribution >= 4 is 30.3 Å². The van der Waals surface area contributed by atoms with Gasteiger partial charge in [-0.05, 0) is 35.3 Å². The van der Waals surface area contributed by atoms with E-state index >= 15 is 0 Å². The minimum Gasteiger partial charge on any atom is -0.488 e. The molecule has 0 bridgehead atoms. The number of nitrogens with zero attached hydrogens (tertiary/aromatic N) is 2. The Labute approximate surface area is 207 Å². The highest BCUT2D eigenvalue weighted by molar-refractivity contribution is 6.74. The molecule has 35 heavy (non-hydrogen) atoms. The summed E-state index contributed by atoms with van der Waals surface area (Å²) in [5, 5.41) is 12.5. The van der Waals surface area contributed by atoms with Crippen molar-refractivity contribution in [1.29, 1.82) is 0 Å². The number of hydrogen-bond donors (Lipinski definition) is 2. The van der Waals surface area contributed by atoms with Gasteiger partial charge in [0.05, 0.1) is 6.10 Å². The van der Waals surface area contributed by atoms with Crippen LogP contribution in [0.15, 0.2) is 54.7 Å². The van der Waals surface area contributed by atoms with Crippen molar-refractivity contribution in [2.24, 2.45) is 5.92 Å². The lowest BCUT2D eigenvalue weighted by Crippen LogP contribution is -2.45. The highest BCUT2D eigenvalue weighted by atomic mass is 28.4. The van der Waals surface area contributed by atoms with Crippen LogP contribution >= 0.6 is 0 Å². The second-order valence-electron chi connectivity index (χ2n) is 11.2. The van der Waals surface area contributed by atoms with Crippen molar-refractivity contribution in [2.45, 2.75) is 64.0 Å². The lowest BCUT2D eigenvalue weighted by molar-refractivity contribution is 0.0972. The molecule has 1 aliphatic rings. The molecule has 2 N–H and O–H groups in total. The number of aromatic nitrogens is 3. The second-order valence-corrected chi connectivity index (χ2v) is 15.9. The van der Waals surface area contributed by atoms with Gasteiger partial charge in [0.25, 0.3) is 0 Å². The van der Waals surface area contributed by atoms with E-state index in [0.29, 0.717) is 11.4 Å². The summed E-state index contributed by atoms with van der Waals surface area (Å²) in [5.41, 5.74) is 2.47. The molecule has 0 radical (unpaired) electrons. The Morgan fingerprint density at radius 2 is 1.83 bits per heavy atom. The van der Waals surface area contributed by atoms with Crippen LogP contribution in [0.2, 0.25) is 18.1 Å². The number of benzene rings is 2. The van der Waals surface area contributed by atoms with E-state index < -0.39 is 8.32 Å². The number of nitrogens with one attached hydrogen (secondary N) is 1. The number of aromatic amines is 1. The maximum absolute atomic E-state index is 10.1. The molecular formula is C28H35N3O3Si. The summed E-state index contributed by atoms with van der Waals surface area (Å²) in [6.45, 7) is 11.4. The summed E-state index contributed by atoms with van der Waals surface area (Å²) in [4.78, 5) is 12.8. The van der Waals surface area contributed by atoms with E-state index in [9.17, 15) is 5.11 Å². The quantitative estimate of drug-likeness (QED) is 0.310. The zero-order valence-corrected chi connectivity index (χ0v) is 22.2. The Balaban J connectivity index is 1.41. The van der Waals surface area contributed by atoms with Crippen LogP contribution in [-0.2, 0) is 4.43 Å². The van der Waals surface area contributed by atoms with E-state index in [-0.39, 0.29) is 29.8 Å². The number of aliphatic hydroxyl groups is 1. The molecule has 2 heterocycles. The molecule has 0 aliphatic heterocycles. The lowest BCUT2D eigenvalue weighted by Gasteiger charge is -2.39. The Morgan fingerprint density at radius 1 is 1.06 bits per heavy atom. The van der Waals surface area contributed by atoms with Gasteiger partial charge in [-0.3, -0.25) is 0 Å². The summed E-state index contributed by atoms with van der Waals surface area (Å²) < 4.78 is 13.2. The third-order valence-electron chi connectivity index (χ3n) is 7.76. The zero-order valence-electron chi connectivity index (χ0n) is 21.2. The standard InChI is InChI=1S/C28H35N3O3Si/c1-28(2,3)35(4,5)34-24-16-20(15-19(24)17-32)33-23-13-14-29-27-25(23)30-26(31-27)22-12-8-10-18-9-6-7-11-21(18)22/h6-14,19-20,24,32H,15-17H2,1-5H3,(H,29,30,31)/t19-,20+,24+/m0/s1. The monoisotopic (exact) mass is 489 g/mol. The summed E-state index contributed by atoms with van der Waals surface area (Å²) in [7, 11) is -1.94. The third kappa shape index (κ3) is 4.60. The number of hydrogen-bond acceptors (Lipinski definition) is 5. The summed E-state index contributed by atoms with van der Waals surface area (Å²) in [6.07, 6.45) is 3.26. The molecule has 0 saturated heterocycles. The fourth-order valence-corrected chi connectivity index (χ4v) is 6.15. The predicted octanol–water partition coefficient (Wildman–Crippen LogP) is 6.32. The smallest absolute Gasteiger partial charge is 0.192 e. The summed E-state index contributed by atoms with van der Waals surface area (Å²) >= 11 is 0. The van der Waals surface area contributed by atoms with Gasteiger partial charge in [-0.2, -0.15) is 0 Å². The van der Waals surface area contributed by atoms with Crippen molar-refractivity contribution in [2.75, 3.05) is 6.61 Å². The molecule has 5 rings (SSSR count). The number of ether oxygens (including phenoxy) is 1. The zero-order chi connectivity index (χ0) is 24.8. The van der Waals surface area contributed by atoms with Crippen LogP contribution in [0.4, 0.5) is 0 Å². The number of aliphatic hydroxyl groups excluding tert-OH is 1. The number of H-pyrrole nitrogens is 1. The molecule has 0 amide bonds. The van der Waals surface area contributed by atoms with Gasteiger partial charge in [-0.15, -0.1) is 0 Å². The maximum atomic E-state index is 10.1. The third-order valence-corrected chi connectivity index (χ3v) is 12.3. The molecule has 2 aromatic heterocycles. The molecule has 0 spiro atoms. The number of imidazole rings is 1. The van der Waals surface area contributed by atoms with Crippen LogP contribution in [0.3, 0.4) is 0 Å². The molecule has 1 fully saturated rings. The van der Waals surface area contributed by atoms with Crippen LogP contribution in [0.1, 0.15) is 33.6 Å². The second kappa shape index (κ2) is 9.04. The first-order valence-electron chi connectivity index (χ1n) is 12.4. The van der Waals surface area contributed by atoms with Gasteiger partial charge in [0.1, 0.15) is 11.9 Å². The van der Waals surface area contributed by atoms with E-state index in [1.54, 1.807) is 6.20 Å². The lowest BCUT2D eigenvalue weighted by atomic mass is 10.0. The molecule has 1 aliphatic carbocycles. The number of pyridine rings is 1. The fraction of sp³-hybridized carbons (Fsp3) is 0.429. The van der Waals surface area contributed by atoms with Crippen LogP contribution in [-0.4, -0.2) is 47.2 Å². The number of rotatable bonds is 6. The Bertz CT molecular complexity index is 1340. The van der Waals surface area contributed by atoms with E-state index in [1.807, 2.05) is 24.3 Å². The van der Waals surface area contributed by atoms with Gasteiger partial charge in [0, 0.05) is 36.8 Å². The van der Waals surface area contributed by atoms with Crippen molar-refractivity contribution in [3.8, 4) is 17.1 Å². The minimum atomic E-state index is -1.94. The molecule has 2 aromatic carbocycles. The number of fused-ring (bicyclic) bond motifs is 2. The first kappa shape index (κ1) is 24.0.